The van der Waals surface area contributed by atoms with Crippen LogP contribution in [0.4, 0.5) is 5.69 Å². The zero-order chi connectivity index (χ0) is 23.5. The SMILES string of the molecule is COc1cccc(-c2nn(-c3ccccc3)cc2C(=O)Nc2cccc(-c3nnnn3C)c2)c1. The molecule has 34 heavy (non-hydrogen) atoms. The normalized spacial score (nSPS) is 10.8. The first-order chi connectivity index (χ1) is 16.6. The average Bonchev–Trinajstić information content (AvgIpc) is 3.52. The van der Waals surface area contributed by atoms with Crippen molar-refractivity contribution in [1.29, 1.82) is 0 Å². The summed E-state index contributed by atoms with van der Waals surface area (Å²) in [5.74, 6) is 1.00. The molecule has 0 saturated carbocycles. The number of carbonyl (C=O) groups excluding carboxylic acids is 1. The molecular weight excluding hydrogens is 430 g/mol. The molecule has 0 atom stereocenters. The van der Waals surface area contributed by atoms with Gasteiger partial charge in [0.2, 0.25) is 0 Å². The summed E-state index contributed by atoms with van der Waals surface area (Å²) in [7, 11) is 3.37. The van der Waals surface area contributed by atoms with E-state index in [9.17, 15) is 4.79 Å². The molecule has 0 aliphatic heterocycles. The molecule has 0 bridgehead atoms. The number of para-hydroxylation sites is 1. The summed E-state index contributed by atoms with van der Waals surface area (Å²) in [6.07, 6.45) is 1.73. The van der Waals surface area contributed by atoms with Gasteiger partial charge in [0.25, 0.3) is 5.91 Å². The van der Waals surface area contributed by atoms with E-state index < -0.39 is 0 Å². The second-order valence-electron chi connectivity index (χ2n) is 7.56. The van der Waals surface area contributed by atoms with E-state index in [1.54, 1.807) is 29.7 Å². The van der Waals surface area contributed by atoms with Gasteiger partial charge in [-0.25, -0.2) is 9.36 Å². The number of anilines is 1. The molecular formula is C25H21N7O2. The number of hydrogen-bond donors (Lipinski definition) is 1. The first-order valence-electron chi connectivity index (χ1n) is 10.6. The van der Waals surface area contributed by atoms with Crippen molar-refractivity contribution < 1.29 is 9.53 Å². The molecule has 0 radical (unpaired) electrons. The molecule has 0 spiro atoms. The number of tetrazole rings is 1. The van der Waals surface area contributed by atoms with Crippen LogP contribution in [0.15, 0.2) is 85.1 Å². The molecule has 5 rings (SSSR count). The van der Waals surface area contributed by atoms with Crippen molar-refractivity contribution in [2.75, 3.05) is 12.4 Å². The lowest BCUT2D eigenvalue weighted by Crippen LogP contribution is -2.12. The van der Waals surface area contributed by atoms with E-state index in [0.29, 0.717) is 28.5 Å². The van der Waals surface area contributed by atoms with Gasteiger partial charge < -0.3 is 10.1 Å². The van der Waals surface area contributed by atoms with Gasteiger partial charge in [0.05, 0.1) is 18.4 Å². The second kappa shape index (κ2) is 8.99. The number of carbonyl (C=O) groups is 1. The van der Waals surface area contributed by atoms with Crippen LogP contribution in [-0.4, -0.2) is 43.0 Å². The molecule has 3 aromatic carbocycles. The molecule has 9 nitrogen and oxygen atoms in total. The topological polar surface area (TPSA) is 99.8 Å². The Morgan fingerprint density at radius 2 is 1.74 bits per heavy atom. The van der Waals surface area contributed by atoms with E-state index in [-0.39, 0.29) is 5.91 Å². The summed E-state index contributed by atoms with van der Waals surface area (Å²) < 4.78 is 8.64. The maximum Gasteiger partial charge on any atom is 0.259 e. The minimum absolute atomic E-state index is 0.284. The maximum atomic E-state index is 13.4. The zero-order valence-corrected chi connectivity index (χ0v) is 18.6. The van der Waals surface area contributed by atoms with E-state index >= 15 is 0 Å². The van der Waals surface area contributed by atoms with Crippen LogP contribution in [0.2, 0.25) is 0 Å². The molecule has 1 N–H and O–H groups in total. The molecule has 1 amide bonds. The molecule has 2 aromatic heterocycles. The first-order valence-corrected chi connectivity index (χ1v) is 10.6. The average molecular weight is 451 g/mol. The minimum atomic E-state index is -0.284. The van der Waals surface area contributed by atoms with Gasteiger partial charge in [0.1, 0.15) is 11.4 Å². The Morgan fingerprint density at radius 3 is 2.50 bits per heavy atom. The molecule has 168 valence electrons. The van der Waals surface area contributed by atoms with Crippen LogP contribution in [0, 0.1) is 0 Å². The van der Waals surface area contributed by atoms with E-state index in [1.807, 2.05) is 78.9 Å². The smallest absolute Gasteiger partial charge is 0.259 e. The van der Waals surface area contributed by atoms with Crippen LogP contribution in [-0.2, 0) is 7.05 Å². The van der Waals surface area contributed by atoms with Gasteiger partial charge in [-0.15, -0.1) is 5.10 Å². The zero-order valence-electron chi connectivity index (χ0n) is 18.6. The largest absolute Gasteiger partial charge is 0.497 e. The van der Waals surface area contributed by atoms with Gasteiger partial charge in [-0.3, -0.25) is 4.79 Å². The van der Waals surface area contributed by atoms with Crippen molar-refractivity contribution in [3.63, 3.8) is 0 Å². The predicted molar refractivity (Wildman–Crippen MR) is 128 cm³/mol. The fourth-order valence-electron chi connectivity index (χ4n) is 3.65. The number of rotatable bonds is 6. The van der Waals surface area contributed by atoms with Gasteiger partial charge in [0.15, 0.2) is 5.82 Å². The summed E-state index contributed by atoms with van der Waals surface area (Å²) in [5, 5.41) is 19.3. The monoisotopic (exact) mass is 451 g/mol. The summed E-state index contributed by atoms with van der Waals surface area (Å²) in [6, 6.07) is 24.5. The van der Waals surface area contributed by atoms with E-state index in [1.165, 1.54) is 0 Å². The number of aryl methyl sites for hydroxylation is 1. The lowest BCUT2D eigenvalue weighted by atomic mass is 10.1. The van der Waals surface area contributed by atoms with Crippen molar-refractivity contribution in [2.45, 2.75) is 0 Å². The first kappa shape index (κ1) is 21.1. The van der Waals surface area contributed by atoms with Gasteiger partial charge in [-0.1, -0.05) is 42.5 Å². The lowest BCUT2D eigenvalue weighted by Gasteiger charge is -2.08. The highest BCUT2D eigenvalue weighted by Gasteiger charge is 2.20. The van der Waals surface area contributed by atoms with Gasteiger partial charge in [-0.2, -0.15) is 5.10 Å². The summed E-state index contributed by atoms with van der Waals surface area (Å²) >= 11 is 0. The van der Waals surface area contributed by atoms with Crippen LogP contribution in [0.25, 0.3) is 28.3 Å². The summed E-state index contributed by atoms with van der Waals surface area (Å²) in [6.45, 7) is 0. The number of nitrogens with zero attached hydrogens (tertiary/aromatic N) is 6. The quantitative estimate of drug-likeness (QED) is 0.419. The van der Waals surface area contributed by atoms with Crippen molar-refractivity contribution in [3.05, 3.63) is 90.6 Å². The Hall–Kier alpha value is -4.79. The number of hydrogen-bond acceptors (Lipinski definition) is 6. The molecule has 0 fully saturated rings. The standard InChI is InChI=1S/C25H21N7O2/c1-31-24(27-29-30-31)18-9-6-10-19(14-18)26-25(33)22-16-32(20-11-4-3-5-12-20)28-23(22)17-8-7-13-21(15-17)34-2/h3-16H,1-2H3,(H,26,33). The highest BCUT2D eigenvalue weighted by Crippen LogP contribution is 2.28. The van der Waals surface area contributed by atoms with Crippen molar-refractivity contribution in [3.8, 4) is 34.1 Å². The van der Waals surface area contributed by atoms with Gasteiger partial charge in [0, 0.05) is 30.1 Å². The second-order valence-corrected chi connectivity index (χ2v) is 7.56. The third-order valence-electron chi connectivity index (χ3n) is 5.32. The molecule has 2 heterocycles. The predicted octanol–water partition coefficient (Wildman–Crippen LogP) is 3.99. The van der Waals surface area contributed by atoms with Crippen molar-refractivity contribution >= 4 is 11.6 Å². The molecule has 5 aromatic rings. The van der Waals surface area contributed by atoms with Crippen molar-refractivity contribution in [1.82, 2.24) is 30.0 Å². The number of ether oxygens (including phenoxy) is 1. The van der Waals surface area contributed by atoms with Gasteiger partial charge in [-0.05, 0) is 46.8 Å². The number of methoxy groups -OCH3 is 1. The maximum absolute atomic E-state index is 13.4. The fourth-order valence-corrected chi connectivity index (χ4v) is 3.65. The lowest BCUT2D eigenvalue weighted by molar-refractivity contribution is 0.102. The van der Waals surface area contributed by atoms with Crippen LogP contribution in [0.1, 0.15) is 10.4 Å². The van der Waals surface area contributed by atoms with E-state index in [4.69, 9.17) is 9.84 Å². The molecule has 0 saturated heterocycles. The Balaban J connectivity index is 1.53. The number of aromatic nitrogens is 6. The number of amides is 1. The van der Waals surface area contributed by atoms with Crippen LogP contribution < -0.4 is 10.1 Å². The highest BCUT2D eigenvalue weighted by atomic mass is 16.5. The Morgan fingerprint density at radius 1 is 0.941 bits per heavy atom. The Bertz CT molecular complexity index is 1460. The molecule has 0 aliphatic rings. The fraction of sp³-hybridized carbons (Fsp3) is 0.0800. The minimum Gasteiger partial charge on any atom is -0.497 e. The van der Waals surface area contributed by atoms with Gasteiger partial charge >= 0.3 is 0 Å². The Kier molecular flexibility index (Phi) is 5.57. The summed E-state index contributed by atoms with van der Waals surface area (Å²) in [4.78, 5) is 13.4. The Labute approximate surface area is 195 Å². The van der Waals surface area contributed by atoms with E-state index in [0.717, 1.165) is 16.8 Å². The third kappa shape index (κ3) is 4.14. The van der Waals surface area contributed by atoms with Crippen LogP contribution >= 0.6 is 0 Å². The van der Waals surface area contributed by atoms with Crippen molar-refractivity contribution in [2.24, 2.45) is 7.05 Å². The molecule has 0 unspecified atom stereocenters. The highest BCUT2D eigenvalue weighted by molar-refractivity contribution is 6.08. The molecule has 9 heteroatoms. The molecule has 0 aliphatic carbocycles. The summed E-state index contributed by atoms with van der Waals surface area (Å²) in [5.41, 5.74) is 4.02. The number of nitrogens with one attached hydrogen (secondary N) is 1. The van der Waals surface area contributed by atoms with Crippen LogP contribution in [0.3, 0.4) is 0 Å². The number of benzene rings is 3. The third-order valence-corrected chi connectivity index (χ3v) is 5.32. The van der Waals surface area contributed by atoms with E-state index in [2.05, 4.69) is 20.8 Å². The van der Waals surface area contributed by atoms with Crippen LogP contribution in [0.5, 0.6) is 5.75 Å².